The minimum absolute atomic E-state index is 0.0885. The smallest absolute Gasteiger partial charge is 0.253 e. The van der Waals surface area contributed by atoms with Crippen molar-refractivity contribution in [2.24, 2.45) is 0 Å². The van der Waals surface area contributed by atoms with E-state index >= 15 is 0 Å². The molecule has 1 aromatic rings. The molecule has 0 aliphatic rings. The third kappa shape index (κ3) is 2.58. The molecule has 0 aliphatic heterocycles. The highest BCUT2D eigenvalue weighted by molar-refractivity contribution is 5.94. The van der Waals surface area contributed by atoms with E-state index in [0.717, 1.165) is 0 Å². The van der Waals surface area contributed by atoms with Gasteiger partial charge in [0, 0.05) is 18.3 Å². The summed E-state index contributed by atoms with van der Waals surface area (Å²) in [6, 6.07) is 2.70. The standard InChI is InChI=1S/C10H12N2O2/c1-3-7(2)12-10(14)8-4-5-9(13)11-6-8/h3-7H,1H2,2H3,(H,11,13)(H,12,14). The number of pyridine rings is 1. The van der Waals surface area contributed by atoms with E-state index in [1.54, 1.807) is 6.08 Å². The first-order chi connectivity index (χ1) is 6.63. The van der Waals surface area contributed by atoms with Gasteiger partial charge in [0.15, 0.2) is 0 Å². The monoisotopic (exact) mass is 192 g/mol. The highest BCUT2D eigenvalue weighted by Crippen LogP contribution is 1.94. The van der Waals surface area contributed by atoms with E-state index in [1.807, 2.05) is 6.92 Å². The summed E-state index contributed by atoms with van der Waals surface area (Å²) in [5.74, 6) is -0.228. The second-order valence-electron chi connectivity index (χ2n) is 2.94. The third-order valence-corrected chi connectivity index (χ3v) is 1.76. The Kier molecular flexibility index (Phi) is 3.23. The molecule has 0 aromatic carbocycles. The Morgan fingerprint density at radius 1 is 1.64 bits per heavy atom. The van der Waals surface area contributed by atoms with Crippen LogP contribution in [-0.2, 0) is 0 Å². The molecule has 4 heteroatoms. The number of amides is 1. The van der Waals surface area contributed by atoms with E-state index in [4.69, 9.17) is 0 Å². The summed E-state index contributed by atoms with van der Waals surface area (Å²) < 4.78 is 0. The molecule has 4 nitrogen and oxygen atoms in total. The van der Waals surface area contributed by atoms with E-state index in [1.165, 1.54) is 18.3 Å². The Bertz CT molecular complexity index is 375. The van der Waals surface area contributed by atoms with Gasteiger partial charge in [-0.25, -0.2) is 0 Å². The molecule has 1 aromatic heterocycles. The van der Waals surface area contributed by atoms with Crippen LogP contribution in [-0.4, -0.2) is 16.9 Å². The van der Waals surface area contributed by atoms with Crippen LogP contribution in [0.3, 0.4) is 0 Å². The summed E-state index contributed by atoms with van der Waals surface area (Å²) in [5, 5.41) is 2.69. The number of aromatic amines is 1. The molecule has 14 heavy (non-hydrogen) atoms. The van der Waals surface area contributed by atoms with Gasteiger partial charge in [-0.15, -0.1) is 6.58 Å². The molecule has 0 radical (unpaired) electrons. The quantitative estimate of drug-likeness (QED) is 0.692. The topological polar surface area (TPSA) is 62.0 Å². The first-order valence-corrected chi connectivity index (χ1v) is 4.25. The average Bonchev–Trinajstić information content (AvgIpc) is 2.18. The summed E-state index contributed by atoms with van der Waals surface area (Å²) >= 11 is 0. The molecule has 0 saturated carbocycles. The van der Waals surface area contributed by atoms with E-state index in [9.17, 15) is 9.59 Å². The summed E-state index contributed by atoms with van der Waals surface area (Å²) in [6.45, 7) is 5.36. The van der Waals surface area contributed by atoms with Crippen molar-refractivity contribution in [3.8, 4) is 0 Å². The maximum absolute atomic E-state index is 11.4. The molecular weight excluding hydrogens is 180 g/mol. The van der Waals surface area contributed by atoms with Crippen molar-refractivity contribution in [1.29, 1.82) is 0 Å². The van der Waals surface area contributed by atoms with Crippen molar-refractivity contribution in [2.75, 3.05) is 0 Å². The normalized spacial score (nSPS) is 11.8. The van der Waals surface area contributed by atoms with E-state index in [0.29, 0.717) is 5.56 Å². The van der Waals surface area contributed by atoms with Crippen LogP contribution in [0, 0.1) is 0 Å². The maximum Gasteiger partial charge on any atom is 0.253 e. The van der Waals surface area contributed by atoms with Gasteiger partial charge in [0.25, 0.3) is 5.91 Å². The summed E-state index contributed by atoms with van der Waals surface area (Å²) in [7, 11) is 0. The lowest BCUT2D eigenvalue weighted by Gasteiger charge is -2.08. The Morgan fingerprint density at radius 2 is 2.36 bits per heavy atom. The Hall–Kier alpha value is -1.84. The van der Waals surface area contributed by atoms with E-state index < -0.39 is 0 Å². The van der Waals surface area contributed by atoms with Crippen LogP contribution in [0.4, 0.5) is 0 Å². The zero-order valence-corrected chi connectivity index (χ0v) is 7.91. The number of carbonyl (C=O) groups excluding carboxylic acids is 1. The lowest BCUT2D eigenvalue weighted by atomic mass is 10.2. The van der Waals surface area contributed by atoms with Crippen LogP contribution in [0.1, 0.15) is 17.3 Å². The molecule has 1 atom stereocenters. The Balaban J connectivity index is 2.75. The van der Waals surface area contributed by atoms with Crippen LogP contribution >= 0.6 is 0 Å². The predicted molar refractivity (Wildman–Crippen MR) is 54.2 cm³/mol. The molecule has 2 N–H and O–H groups in total. The number of H-pyrrole nitrogens is 1. The maximum atomic E-state index is 11.4. The highest BCUT2D eigenvalue weighted by Gasteiger charge is 2.06. The number of nitrogens with one attached hydrogen (secondary N) is 2. The molecule has 0 fully saturated rings. The molecule has 0 aliphatic carbocycles. The molecular formula is C10H12N2O2. The van der Waals surface area contributed by atoms with Gasteiger partial charge in [0.05, 0.1) is 5.56 Å². The van der Waals surface area contributed by atoms with Crippen molar-refractivity contribution >= 4 is 5.91 Å². The number of rotatable bonds is 3. The number of hydrogen-bond acceptors (Lipinski definition) is 2. The van der Waals surface area contributed by atoms with Crippen LogP contribution in [0.15, 0.2) is 35.8 Å². The fourth-order valence-electron chi connectivity index (χ4n) is 0.901. The van der Waals surface area contributed by atoms with Crippen molar-refractivity contribution < 1.29 is 4.79 Å². The van der Waals surface area contributed by atoms with Gasteiger partial charge in [-0.05, 0) is 13.0 Å². The Morgan fingerprint density at radius 3 is 2.86 bits per heavy atom. The van der Waals surface area contributed by atoms with Gasteiger partial charge in [0.2, 0.25) is 5.56 Å². The van der Waals surface area contributed by atoms with Gasteiger partial charge in [0.1, 0.15) is 0 Å². The van der Waals surface area contributed by atoms with Gasteiger partial charge < -0.3 is 10.3 Å². The van der Waals surface area contributed by atoms with Crippen LogP contribution in [0.25, 0.3) is 0 Å². The lowest BCUT2D eigenvalue weighted by molar-refractivity contribution is 0.0946. The molecule has 1 heterocycles. The van der Waals surface area contributed by atoms with Crippen molar-refractivity contribution in [3.63, 3.8) is 0 Å². The number of carbonyl (C=O) groups is 1. The van der Waals surface area contributed by atoms with Crippen LogP contribution in [0.2, 0.25) is 0 Å². The molecule has 1 amide bonds. The number of aromatic nitrogens is 1. The second kappa shape index (κ2) is 4.41. The minimum Gasteiger partial charge on any atom is -0.346 e. The third-order valence-electron chi connectivity index (χ3n) is 1.76. The first kappa shape index (κ1) is 10.2. The van der Waals surface area contributed by atoms with Crippen LogP contribution in [0.5, 0.6) is 0 Å². The van der Waals surface area contributed by atoms with Crippen molar-refractivity contribution in [1.82, 2.24) is 10.3 Å². The fraction of sp³-hybridized carbons (Fsp3) is 0.200. The Labute approximate surface area is 81.7 Å². The molecule has 0 spiro atoms. The van der Waals surface area contributed by atoms with Gasteiger partial charge >= 0.3 is 0 Å². The minimum atomic E-state index is -0.228. The summed E-state index contributed by atoms with van der Waals surface area (Å²) in [5.41, 5.74) is 0.205. The molecule has 1 rings (SSSR count). The van der Waals surface area contributed by atoms with Gasteiger partial charge in [-0.1, -0.05) is 6.08 Å². The summed E-state index contributed by atoms with van der Waals surface area (Å²) in [6.07, 6.45) is 3.01. The van der Waals surface area contributed by atoms with Crippen molar-refractivity contribution in [2.45, 2.75) is 13.0 Å². The van der Waals surface area contributed by atoms with Crippen LogP contribution < -0.4 is 10.9 Å². The zero-order chi connectivity index (χ0) is 10.6. The molecule has 74 valence electrons. The van der Waals surface area contributed by atoms with E-state index in [2.05, 4.69) is 16.9 Å². The fourth-order valence-corrected chi connectivity index (χ4v) is 0.901. The van der Waals surface area contributed by atoms with Gasteiger partial charge in [-0.3, -0.25) is 9.59 Å². The largest absolute Gasteiger partial charge is 0.346 e. The SMILES string of the molecule is C=CC(C)NC(=O)c1ccc(=O)[nH]c1. The molecule has 1 unspecified atom stereocenters. The number of hydrogen-bond donors (Lipinski definition) is 2. The predicted octanol–water partition coefficient (Wildman–Crippen LogP) is 0.679. The van der Waals surface area contributed by atoms with E-state index in [-0.39, 0.29) is 17.5 Å². The zero-order valence-electron chi connectivity index (χ0n) is 7.91. The first-order valence-electron chi connectivity index (χ1n) is 4.25. The average molecular weight is 192 g/mol. The second-order valence-corrected chi connectivity index (χ2v) is 2.94. The van der Waals surface area contributed by atoms with Gasteiger partial charge in [-0.2, -0.15) is 0 Å². The lowest BCUT2D eigenvalue weighted by Crippen LogP contribution is -2.31. The molecule has 0 saturated heterocycles. The molecule has 0 bridgehead atoms. The summed E-state index contributed by atoms with van der Waals surface area (Å²) in [4.78, 5) is 24.6. The highest BCUT2D eigenvalue weighted by atomic mass is 16.1. The van der Waals surface area contributed by atoms with Crippen molar-refractivity contribution in [3.05, 3.63) is 46.9 Å².